The van der Waals surface area contributed by atoms with Gasteiger partial charge in [-0.1, -0.05) is 36.0 Å². The smallest absolute Gasteiger partial charge is 0.225 e. The van der Waals surface area contributed by atoms with Crippen molar-refractivity contribution in [3.63, 3.8) is 0 Å². The topological polar surface area (TPSA) is 29.0 Å². The second kappa shape index (κ2) is 10.7. The maximum Gasteiger partial charge on any atom is 0.225 e. The number of alkyl halides is 1. The molecule has 0 amide bonds. The zero-order valence-electron chi connectivity index (χ0n) is 13.6. The van der Waals surface area contributed by atoms with Crippen LogP contribution in [0.5, 0.6) is 0 Å². The van der Waals surface area contributed by atoms with Crippen molar-refractivity contribution in [2.24, 2.45) is 0 Å². The van der Waals surface area contributed by atoms with E-state index in [-0.39, 0.29) is 6.67 Å². The van der Waals surface area contributed by atoms with Gasteiger partial charge >= 0.3 is 0 Å². The van der Waals surface area contributed by atoms with E-state index in [1.165, 1.54) is 5.57 Å². The van der Waals surface area contributed by atoms with E-state index < -0.39 is 0 Å². The number of hydrogen-bond donors (Lipinski definition) is 0. The predicted molar refractivity (Wildman–Crippen MR) is 91.8 cm³/mol. The number of nitrogens with zero attached hydrogens (tertiary/aromatic N) is 3. The summed E-state index contributed by atoms with van der Waals surface area (Å²) < 4.78 is 12.6. The Hall–Kier alpha value is -1.97. The molecule has 0 N–H and O–H groups in total. The molecule has 0 bridgehead atoms. The van der Waals surface area contributed by atoms with Crippen molar-refractivity contribution >= 4 is 5.95 Å². The van der Waals surface area contributed by atoms with Crippen molar-refractivity contribution in [2.45, 2.75) is 33.1 Å². The summed E-state index contributed by atoms with van der Waals surface area (Å²) in [4.78, 5) is 10.3. The molecule has 22 heavy (non-hydrogen) atoms. The Kier molecular flexibility index (Phi) is 8.80. The first-order chi connectivity index (χ1) is 10.6. The molecule has 0 radical (unpaired) electrons. The number of aromatic nitrogens is 2. The molecular weight excluding hydrogens is 277 g/mol. The fraction of sp³-hybridized carbons (Fsp3) is 0.444. The van der Waals surface area contributed by atoms with Crippen LogP contribution >= 0.6 is 0 Å². The maximum atomic E-state index is 12.6. The molecule has 0 spiro atoms. The molecule has 1 rings (SSSR count). The number of unbranched alkanes of at least 4 members (excludes halogenated alkanes) is 1. The van der Waals surface area contributed by atoms with E-state index in [9.17, 15) is 4.39 Å². The van der Waals surface area contributed by atoms with Gasteiger partial charge in [0.25, 0.3) is 0 Å². The van der Waals surface area contributed by atoms with Gasteiger partial charge in [0.2, 0.25) is 5.95 Å². The van der Waals surface area contributed by atoms with Crippen LogP contribution in [-0.4, -0.2) is 29.7 Å². The molecular formula is C18H26FN3. The van der Waals surface area contributed by atoms with Gasteiger partial charge < -0.3 is 4.90 Å². The van der Waals surface area contributed by atoms with Gasteiger partial charge in [0, 0.05) is 25.5 Å². The summed E-state index contributed by atoms with van der Waals surface area (Å²) in [5, 5.41) is 0. The van der Waals surface area contributed by atoms with Crippen LogP contribution in [0.4, 0.5) is 10.3 Å². The van der Waals surface area contributed by atoms with Gasteiger partial charge in [0.15, 0.2) is 0 Å². The fourth-order valence-corrected chi connectivity index (χ4v) is 2.03. The Bertz CT molecular complexity index is 494. The highest BCUT2D eigenvalue weighted by atomic mass is 19.1. The summed E-state index contributed by atoms with van der Waals surface area (Å²) >= 11 is 0. The summed E-state index contributed by atoms with van der Waals surface area (Å²) in [5.41, 5.74) is 2.39. The summed E-state index contributed by atoms with van der Waals surface area (Å²) in [6.07, 6.45) is 12.6. The summed E-state index contributed by atoms with van der Waals surface area (Å²) in [5.74, 6) is 0.608. The Morgan fingerprint density at radius 3 is 2.59 bits per heavy atom. The number of anilines is 1. The van der Waals surface area contributed by atoms with E-state index in [1.807, 2.05) is 24.0 Å². The fourth-order valence-electron chi connectivity index (χ4n) is 2.03. The van der Waals surface area contributed by atoms with Crippen molar-refractivity contribution < 1.29 is 4.39 Å². The number of halogens is 1. The number of hydrogen-bond acceptors (Lipinski definition) is 3. The Labute approximate surface area is 133 Å². The zero-order chi connectivity index (χ0) is 16.2. The SMILES string of the molecule is C=C(C)/C=C\C=C(/C)CCCCN(CCF)c1ncccn1. The van der Waals surface area contributed by atoms with Crippen molar-refractivity contribution in [3.8, 4) is 0 Å². The quantitative estimate of drug-likeness (QED) is 0.470. The molecule has 0 unspecified atom stereocenters. The van der Waals surface area contributed by atoms with Crippen LogP contribution < -0.4 is 4.90 Å². The second-order valence-electron chi connectivity index (χ2n) is 5.40. The van der Waals surface area contributed by atoms with Crippen LogP contribution in [0.1, 0.15) is 33.1 Å². The minimum atomic E-state index is -0.386. The van der Waals surface area contributed by atoms with Gasteiger partial charge in [-0.2, -0.15) is 0 Å². The molecule has 0 aromatic carbocycles. The third kappa shape index (κ3) is 7.72. The lowest BCUT2D eigenvalue weighted by Crippen LogP contribution is -2.28. The molecule has 0 aliphatic rings. The normalized spacial score (nSPS) is 11.9. The van der Waals surface area contributed by atoms with Gasteiger partial charge in [-0.15, -0.1) is 0 Å². The highest BCUT2D eigenvalue weighted by Gasteiger charge is 2.07. The monoisotopic (exact) mass is 303 g/mol. The van der Waals surface area contributed by atoms with Crippen molar-refractivity contribution in [1.29, 1.82) is 0 Å². The minimum absolute atomic E-state index is 0.347. The molecule has 1 aromatic heterocycles. The third-order valence-corrected chi connectivity index (χ3v) is 3.20. The molecule has 4 heteroatoms. The van der Waals surface area contributed by atoms with Crippen molar-refractivity contribution in [1.82, 2.24) is 9.97 Å². The molecule has 1 aromatic rings. The molecule has 0 saturated carbocycles. The second-order valence-corrected chi connectivity index (χ2v) is 5.40. The average Bonchev–Trinajstić information content (AvgIpc) is 2.51. The van der Waals surface area contributed by atoms with Crippen molar-refractivity contribution in [2.75, 3.05) is 24.7 Å². The summed E-state index contributed by atoms with van der Waals surface area (Å²) in [6, 6.07) is 1.77. The van der Waals surface area contributed by atoms with E-state index in [0.717, 1.165) is 31.4 Å². The van der Waals surface area contributed by atoms with Crippen LogP contribution in [0.25, 0.3) is 0 Å². The predicted octanol–water partition coefficient (Wildman–Crippen LogP) is 4.50. The first-order valence-electron chi connectivity index (χ1n) is 7.70. The molecule has 0 aliphatic heterocycles. The Morgan fingerprint density at radius 1 is 1.23 bits per heavy atom. The maximum absolute atomic E-state index is 12.6. The van der Waals surface area contributed by atoms with Crippen LogP contribution in [0.15, 0.2) is 54.4 Å². The van der Waals surface area contributed by atoms with E-state index in [1.54, 1.807) is 18.5 Å². The zero-order valence-corrected chi connectivity index (χ0v) is 13.6. The van der Waals surface area contributed by atoms with E-state index in [2.05, 4.69) is 29.5 Å². The summed E-state index contributed by atoms with van der Waals surface area (Å²) in [7, 11) is 0. The number of allylic oxidation sites excluding steroid dienone is 5. The van der Waals surface area contributed by atoms with Crippen molar-refractivity contribution in [3.05, 3.63) is 54.4 Å². The van der Waals surface area contributed by atoms with E-state index in [4.69, 9.17) is 0 Å². The van der Waals surface area contributed by atoms with Gasteiger partial charge in [-0.05, 0) is 39.2 Å². The Balaban J connectivity index is 2.36. The average molecular weight is 303 g/mol. The standard InChI is InChI=1S/C18H26FN3/c1-16(2)8-6-10-17(3)9-4-5-14-22(15-11-19)18-20-12-7-13-21-18/h6-8,10,12-13H,1,4-5,9,11,14-15H2,2-3H3/b8-6-,17-10+. The number of rotatable bonds is 10. The van der Waals surface area contributed by atoms with Gasteiger partial charge in [0.05, 0.1) is 0 Å². The highest BCUT2D eigenvalue weighted by Crippen LogP contribution is 2.11. The molecule has 0 atom stereocenters. The van der Waals surface area contributed by atoms with Crippen LogP contribution in [0.2, 0.25) is 0 Å². The largest absolute Gasteiger partial charge is 0.338 e. The van der Waals surface area contributed by atoms with E-state index >= 15 is 0 Å². The highest BCUT2D eigenvalue weighted by molar-refractivity contribution is 5.27. The van der Waals surface area contributed by atoms with E-state index in [0.29, 0.717) is 12.5 Å². The molecule has 3 nitrogen and oxygen atoms in total. The lowest BCUT2D eigenvalue weighted by molar-refractivity contribution is 0.484. The lowest BCUT2D eigenvalue weighted by Gasteiger charge is -2.20. The molecule has 0 saturated heterocycles. The lowest BCUT2D eigenvalue weighted by atomic mass is 10.1. The molecule has 0 fully saturated rings. The first kappa shape index (κ1) is 18.1. The molecule has 0 aliphatic carbocycles. The third-order valence-electron chi connectivity index (χ3n) is 3.20. The van der Waals surface area contributed by atoms with Crippen LogP contribution in [-0.2, 0) is 0 Å². The van der Waals surface area contributed by atoms with Gasteiger partial charge in [0.1, 0.15) is 6.67 Å². The summed E-state index contributed by atoms with van der Waals surface area (Å²) in [6.45, 7) is 8.68. The van der Waals surface area contributed by atoms with Gasteiger partial charge in [-0.25, -0.2) is 14.4 Å². The molecule has 1 heterocycles. The van der Waals surface area contributed by atoms with Gasteiger partial charge in [-0.3, -0.25) is 0 Å². The first-order valence-corrected chi connectivity index (χ1v) is 7.70. The van der Waals surface area contributed by atoms with Crippen LogP contribution in [0.3, 0.4) is 0 Å². The van der Waals surface area contributed by atoms with Crippen LogP contribution in [0, 0.1) is 0 Å². The Morgan fingerprint density at radius 2 is 1.95 bits per heavy atom. The molecule has 120 valence electrons. The minimum Gasteiger partial charge on any atom is -0.338 e.